The molecule has 1 atom stereocenters. The summed E-state index contributed by atoms with van der Waals surface area (Å²) >= 11 is 0. The van der Waals surface area contributed by atoms with E-state index in [1.54, 1.807) is 31.2 Å². The fraction of sp³-hybridized carbons (Fsp3) is 0.263. The minimum Gasteiger partial charge on any atom is -0.481 e. The van der Waals surface area contributed by atoms with Gasteiger partial charge in [-0.1, -0.05) is 18.2 Å². The molecular formula is C19H18N2O2. The summed E-state index contributed by atoms with van der Waals surface area (Å²) in [6.07, 6.45) is 2.74. The molecule has 23 heavy (non-hydrogen) atoms. The summed E-state index contributed by atoms with van der Waals surface area (Å²) in [7, 11) is 0. The molecule has 0 bridgehead atoms. The SMILES string of the molecule is C[C@H](Oc1ccc2c(c1)CCC2)C(=O)Nc1ccccc1C#N. The highest BCUT2D eigenvalue weighted by Gasteiger charge is 2.18. The molecule has 0 aliphatic heterocycles. The summed E-state index contributed by atoms with van der Waals surface area (Å²) < 4.78 is 5.75. The Morgan fingerprint density at radius 2 is 2.00 bits per heavy atom. The molecule has 0 spiro atoms. The van der Waals surface area contributed by atoms with E-state index in [0.717, 1.165) is 12.8 Å². The minimum absolute atomic E-state index is 0.270. The second-order valence-corrected chi connectivity index (χ2v) is 5.69. The van der Waals surface area contributed by atoms with Gasteiger partial charge in [-0.3, -0.25) is 4.79 Å². The molecule has 1 aliphatic carbocycles. The number of ether oxygens (including phenoxy) is 1. The Morgan fingerprint density at radius 1 is 1.22 bits per heavy atom. The molecule has 4 heteroatoms. The zero-order valence-corrected chi connectivity index (χ0v) is 13.0. The van der Waals surface area contributed by atoms with Crippen LogP contribution in [0, 0.1) is 11.3 Å². The van der Waals surface area contributed by atoms with Crippen LogP contribution in [0.2, 0.25) is 0 Å². The van der Waals surface area contributed by atoms with Crippen molar-refractivity contribution in [2.75, 3.05) is 5.32 Å². The van der Waals surface area contributed by atoms with Crippen molar-refractivity contribution >= 4 is 11.6 Å². The average molecular weight is 306 g/mol. The standard InChI is InChI=1S/C19H18N2O2/c1-13(19(22)21-18-8-3-2-5-16(18)12-20)23-17-10-9-14-6-4-7-15(14)11-17/h2-3,5,8-11,13H,4,6-7H2,1H3,(H,21,22)/t13-/m0/s1. The van der Waals surface area contributed by atoms with E-state index in [-0.39, 0.29) is 5.91 Å². The van der Waals surface area contributed by atoms with Gasteiger partial charge in [-0.15, -0.1) is 0 Å². The lowest BCUT2D eigenvalue weighted by atomic mass is 10.1. The number of nitrogens with one attached hydrogen (secondary N) is 1. The van der Waals surface area contributed by atoms with Gasteiger partial charge in [0.2, 0.25) is 0 Å². The molecule has 0 saturated heterocycles. The van der Waals surface area contributed by atoms with Crippen molar-refractivity contribution in [2.45, 2.75) is 32.3 Å². The van der Waals surface area contributed by atoms with E-state index in [2.05, 4.69) is 17.5 Å². The third-order valence-corrected chi connectivity index (χ3v) is 4.06. The molecule has 0 unspecified atom stereocenters. The van der Waals surface area contributed by atoms with Crippen LogP contribution in [0.3, 0.4) is 0 Å². The van der Waals surface area contributed by atoms with Crippen LogP contribution < -0.4 is 10.1 Å². The fourth-order valence-corrected chi connectivity index (χ4v) is 2.80. The van der Waals surface area contributed by atoms with Gasteiger partial charge in [-0.25, -0.2) is 0 Å². The van der Waals surface area contributed by atoms with Gasteiger partial charge in [0.05, 0.1) is 11.3 Å². The molecule has 2 aromatic carbocycles. The molecule has 0 aromatic heterocycles. The van der Waals surface area contributed by atoms with Crippen LogP contribution in [0.5, 0.6) is 5.75 Å². The van der Waals surface area contributed by atoms with E-state index in [1.165, 1.54) is 17.5 Å². The molecule has 0 saturated carbocycles. The fourth-order valence-electron chi connectivity index (χ4n) is 2.80. The summed E-state index contributed by atoms with van der Waals surface area (Å²) in [4.78, 5) is 12.3. The third-order valence-electron chi connectivity index (χ3n) is 4.06. The maximum absolute atomic E-state index is 12.3. The van der Waals surface area contributed by atoms with Crippen molar-refractivity contribution in [3.05, 3.63) is 59.2 Å². The zero-order valence-electron chi connectivity index (χ0n) is 13.0. The minimum atomic E-state index is -0.638. The first-order valence-electron chi connectivity index (χ1n) is 7.76. The highest BCUT2D eigenvalue weighted by Crippen LogP contribution is 2.26. The Balaban J connectivity index is 1.67. The Bertz CT molecular complexity index is 777. The molecule has 0 heterocycles. The van der Waals surface area contributed by atoms with Crippen LogP contribution in [-0.2, 0) is 17.6 Å². The molecule has 1 amide bonds. The van der Waals surface area contributed by atoms with Gasteiger partial charge in [0.1, 0.15) is 11.8 Å². The van der Waals surface area contributed by atoms with Crippen molar-refractivity contribution in [3.63, 3.8) is 0 Å². The predicted octanol–water partition coefficient (Wildman–Crippen LogP) is 3.45. The lowest BCUT2D eigenvalue weighted by Crippen LogP contribution is -2.30. The van der Waals surface area contributed by atoms with Gasteiger partial charge in [-0.05, 0) is 61.6 Å². The third kappa shape index (κ3) is 3.35. The van der Waals surface area contributed by atoms with Crippen LogP contribution in [0.25, 0.3) is 0 Å². The number of carbonyl (C=O) groups excluding carboxylic acids is 1. The number of amides is 1. The molecule has 116 valence electrons. The number of fused-ring (bicyclic) bond motifs is 1. The summed E-state index contributed by atoms with van der Waals surface area (Å²) in [5, 5.41) is 11.8. The molecule has 1 aliphatic rings. The molecule has 3 rings (SSSR count). The summed E-state index contributed by atoms with van der Waals surface area (Å²) in [6, 6.07) is 15.0. The van der Waals surface area contributed by atoms with Crippen molar-refractivity contribution in [2.24, 2.45) is 0 Å². The first kappa shape index (κ1) is 15.1. The number of para-hydroxylation sites is 1. The number of benzene rings is 2. The van der Waals surface area contributed by atoms with Crippen LogP contribution >= 0.6 is 0 Å². The first-order valence-corrected chi connectivity index (χ1v) is 7.76. The largest absolute Gasteiger partial charge is 0.481 e. The van der Waals surface area contributed by atoms with E-state index >= 15 is 0 Å². The quantitative estimate of drug-likeness (QED) is 0.941. The van der Waals surface area contributed by atoms with Crippen LogP contribution in [-0.4, -0.2) is 12.0 Å². The van der Waals surface area contributed by atoms with E-state index in [1.807, 2.05) is 12.1 Å². The summed E-state index contributed by atoms with van der Waals surface area (Å²) in [5.74, 6) is 0.440. The van der Waals surface area contributed by atoms with Gasteiger partial charge in [0.25, 0.3) is 5.91 Å². The van der Waals surface area contributed by atoms with E-state index in [0.29, 0.717) is 17.0 Å². The zero-order chi connectivity index (χ0) is 16.2. The number of aryl methyl sites for hydroxylation is 2. The van der Waals surface area contributed by atoms with Crippen molar-refractivity contribution in [3.8, 4) is 11.8 Å². The number of rotatable bonds is 4. The van der Waals surface area contributed by atoms with E-state index in [4.69, 9.17) is 10.00 Å². The molecule has 2 aromatic rings. The van der Waals surface area contributed by atoms with Gasteiger partial charge >= 0.3 is 0 Å². The Morgan fingerprint density at radius 3 is 2.83 bits per heavy atom. The number of anilines is 1. The van der Waals surface area contributed by atoms with Gasteiger partial charge in [-0.2, -0.15) is 5.26 Å². The Kier molecular flexibility index (Phi) is 4.29. The average Bonchev–Trinajstić information content (AvgIpc) is 3.03. The molecule has 1 N–H and O–H groups in total. The number of nitriles is 1. The van der Waals surface area contributed by atoms with E-state index < -0.39 is 6.10 Å². The number of hydrogen-bond donors (Lipinski definition) is 1. The topological polar surface area (TPSA) is 62.1 Å². The van der Waals surface area contributed by atoms with E-state index in [9.17, 15) is 4.79 Å². The molecule has 0 radical (unpaired) electrons. The van der Waals surface area contributed by atoms with Gasteiger partial charge in [0.15, 0.2) is 6.10 Å². The summed E-state index contributed by atoms with van der Waals surface area (Å²) in [5.41, 5.74) is 3.62. The van der Waals surface area contributed by atoms with Gasteiger partial charge in [0, 0.05) is 0 Å². The number of hydrogen-bond acceptors (Lipinski definition) is 3. The number of carbonyl (C=O) groups is 1. The van der Waals surface area contributed by atoms with Crippen molar-refractivity contribution < 1.29 is 9.53 Å². The summed E-state index contributed by atoms with van der Waals surface area (Å²) in [6.45, 7) is 1.71. The van der Waals surface area contributed by atoms with Crippen LogP contribution in [0.1, 0.15) is 30.0 Å². The smallest absolute Gasteiger partial charge is 0.265 e. The lowest BCUT2D eigenvalue weighted by Gasteiger charge is -2.16. The van der Waals surface area contributed by atoms with Crippen molar-refractivity contribution in [1.82, 2.24) is 0 Å². The Hall–Kier alpha value is -2.80. The predicted molar refractivity (Wildman–Crippen MR) is 88.3 cm³/mol. The lowest BCUT2D eigenvalue weighted by molar-refractivity contribution is -0.122. The normalized spacial score (nSPS) is 13.7. The highest BCUT2D eigenvalue weighted by atomic mass is 16.5. The van der Waals surface area contributed by atoms with Crippen LogP contribution in [0.4, 0.5) is 5.69 Å². The number of nitrogens with zero attached hydrogens (tertiary/aromatic N) is 1. The second kappa shape index (κ2) is 6.53. The van der Waals surface area contributed by atoms with Crippen molar-refractivity contribution in [1.29, 1.82) is 5.26 Å². The second-order valence-electron chi connectivity index (χ2n) is 5.69. The first-order chi connectivity index (χ1) is 11.2. The molecular weight excluding hydrogens is 288 g/mol. The maximum atomic E-state index is 12.3. The Labute approximate surface area is 135 Å². The molecule has 0 fully saturated rings. The maximum Gasteiger partial charge on any atom is 0.265 e. The monoisotopic (exact) mass is 306 g/mol. The van der Waals surface area contributed by atoms with Gasteiger partial charge < -0.3 is 10.1 Å². The van der Waals surface area contributed by atoms with Crippen LogP contribution in [0.15, 0.2) is 42.5 Å². The highest BCUT2D eigenvalue weighted by molar-refractivity contribution is 5.95. The molecule has 4 nitrogen and oxygen atoms in total.